The molecule has 2 heterocycles. The second-order valence-corrected chi connectivity index (χ2v) is 3.85. The van der Waals surface area contributed by atoms with E-state index in [1.807, 2.05) is 7.05 Å². The molecular formula is C11H17N5O. The van der Waals surface area contributed by atoms with Gasteiger partial charge in [0.2, 0.25) is 5.95 Å². The zero-order valence-electron chi connectivity index (χ0n) is 10.2. The largest absolute Gasteiger partial charge is 0.359 e. The van der Waals surface area contributed by atoms with Gasteiger partial charge in [-0.05, 0) is 6.42 Å². The normalized spacial score (nSPS) is 13.4. The summed E-state index contributed by atoms with van der Waals surface area (Å²) < 4.78 is 0. The maximum atomic E-state index is 4.94. The molecule has 0 bridgehead atoms. The van der Waals surface area contributed by atoms with Gasteiger partial charge in [0.25, 0.3) is 0 Å². The summed E-state index contributed by atoms with van der Waals surface area (Å²) in [5.41, 5.74) is 3.90. The van der Waals surface area contributed by atoms with Gasteiger partial charge in [-0.1, -0.05) is 6.08 Å². The van der Waals surface area contributed by atoms with E-state index >= 15 is 0 Å². The third-order valence-corrected chi connectivity index (χ3v) is 2.65. The standard InChI is InChI=1S/C11H17N5O/c1-4-6-12-11-13-9(15-17-3)8-5-7-16(2)10(8)14-11/h4H,1,5-7H2,2-3H3,(H2,12,13,14,15). The molecule has 0 radical (unpaired) electrons. The minimum atomic E-state index is 0.581. The number of rotatable bonds is 5. The van der Waals surface area contributed by atoms with Crippen molar-refractivity contribution in [3.05, 3.63) is 18.2 Å². The van der Waals surface area contributed by atoms with Gasteiger partial charge in [-0.25, -0.2) is 5.48 Å². The first-order valence-electron chi connectivity index (χ1n) is 5.52. The lowest BCUT2D eigenvalue weighted by Crippen LogP contribution is -2.15. The van der Waals surface area contributed by atoms with Crippen molar-refractivity contribution < 1.29 is 4.84 Å². The van der Waals surface area contributed by atoms with E-state index in [0.29, 0.717) is 12.5 Å². The summed E-state index contributed by atoms with van der Waals surface area (Å²) in [5, 5.41) is 3.08. The SMILES string of the molecule is C=CCNc1nc(NOC)c2c(n1)N(C)CC2. The van der Waals surface area contributed by atoms with Gasteiger partial charge in [-0.15, -0.1) is 6.58 Å². The highest BCUT2D eigenvalue weighted by Gasteiger charge is 2.23. The van der Waals surface area contributed by atoms with Crippen LogP contribution in [0.25, 0.3) is 0 Å². The highest BCUT2D eigenvalue weighted by atomic mass is 16.6. The van der Waals surface area contributed by atoms with Gasteiger partial charge >= 0.3 is 0 Å². The Labute approximate surface area is 101 Å². The van der Waals surface area contributed by atoms with E-state index < -0.39 is 0 Å². The lowest BCUT2D eigenvalue weighted by Gasteiger charge is -2.14. The Morgan fingerprint density at radius 3 is 3.06 bits per heavy atom. The molecule has 6 nitrogen and oxygen atoms in total. The Kier molecular flexibility index (Phi) is 3.43. The fourth-order valence-corrected chi connectivity index (χ4v) is 1.83. The molecule has 1 aliphatic heterocycles. The number of likely N-dealkylation sites (N-methyl/N-ethyl adjacent to an activating group) is 1. The molecule has 2 N–H and O–H groups in total. The third kappa shape index (κ3) is 2.31. The highest BCUT2D eigenvalue weighted by Crippen LogP contribution is 2.30. The molecule has 92 valence electrons. The number of fused-ring (bicyclic) bond motifs is 1. The minimum absolute atomic E-state index is 0.581. The number of hydrogen-bond acceptors (Lipinski definition) is 6. The number of anilines is 3. The van der Waals surface area contributed by atoms with Crippen molar-refractivity contribution in [2.45, 2.75) is 6.42 Å². The van der Waals surface area contributed by atoms with E-state index in [1.54, 1.807) is 13.2 Å². The average molecular weight is 235 g/mol. The monoisotopic (exact) mass is 235 g/mol. The number of aromatic nitrogens is 2. The van der Waals surface area contributed by atoms with Crippen molar-refractivity contribution in [2.75, 3.05) is 42.9 Å². The van der Waals surface area contributed by atoms with Crippen LogP contribution in [-0.4, -0.2) is 37.2 Å². The van der Waals surface area contributed by atoms with Gasteiger partial charge < -0.3 is 10.2 Å². The summed E-state index contributed by atoms with van der Waals surface area (Å²) in [6.07, 6.45) is 2.70. The summed E-state index contributed by atoms with van der Waals surface area (Å²) in [6, 6.07) is 0. The molecule has 0 aliphatic carbocycles. The molecule has 0 aromatic carbocycles. The van der Waals surface area contributed by atoms with Crippen molar-refractivity contribution in [1.29, 1.82) is 0 Å². The maximum Gasteiger partial charge on any atom is 0.226 e. The van der Waals surface area contributed by atoms with E-state index in [0.717, 1.165) is 30.2 Å². The highest BCUT2D eigenvalue weighted by molar-refractivity contribution is 5.64. The van der Waals surface area contributed by atoms with Crippen molar-refractivity contribution in [3.63, 3.8) is 0 Å². The molecule has 1 aliphatic rings. The van der Waals surface area contributed by atoms with Crippen LogP contribution in [0.3, 0.4) is 0 Å². The molecule has 0 fully saturated rings. The van der Waals surface area contributed by atoms with E-state index in [9.17, 15) is 0 Å². The van der Waals surface area contributed by atoms with Gasteiger partial charge in [0.05, 0.1) is 7.11 Å². The molecule has 1 aromatic rings. The molecule has 0 unspecified atom stereocenters. The van der Waals surface area contributed by atoms with Crippen LogP contribution in [0.2, 0.25) is 0 Å². The van der Waals surface area contributed by atoms with Crippen LogP contribution in [0, 0.1) is 0 Å². The Hall–Kier alpha value is -1.82. The first-order chi connectivity index (χ1) is 8.26. The lowest BCUT2D eigenvalue weighted by atomic mass is 10.2. The Morgan fingerprint density at radius 2 is 2.35 bits per heavy atom. The molecule has 0 saturated heterocycles. The van der Waals surface area contributed by atoms with Crippen LogP contribution in [-0.2, 0) is 11.3 Å². The predicted molar refractivity (Wildman–Crippen MR) is 68.3 cm³/mol. The van der Waals surface area contributed by atoms with Crippen LogP contribution in [0.1, 0.15) is 5.56 Å². The number of nitrogens with one attached hydrogen (secondary N) is 2. The molecule has 0 saturated carbocycles. The van der Waals surface area contributed by atoms with Crippen LogP contribution in [0.15, 0.2) is 12.7 Å². The van der Waals surface area contributed by atoms with E-state index in [2.05, 4.69) is 32.2 Å². The average Bonchev–Trinajstić information content (AvgIpc) is 2.69. The summed E-state index contributed by atoms with van der Waals surface area (Å²) in [5.74, 6) is 2.26. The molecule has 6 heteroatoms. The van der Waals surface area contributed by atoms with Crippen LogP contribution >= 0.6 is 0 Å². The first-order valence-corrected chi connectivity index (χ1v) is 5.52. The summed E-state index contributed by atoms with van der Waals surface area (Å²) in [6.45, 7) is 5.24. The second kappa shape index (κ2) is 5.01. The Morgan fingerprint density at radius 1 is 1.53 bits per heavy atom. The smallest absolute Gasteiger partial charge is 0.226 e. The summed E-state index contributed by atoms with van der Waals surface area (Å²) in [7, 11) is 3.59. The minimum Gasteiger partial charge on any atom is -0.359 e. The van der Waals surface area contributed by atoms with Gasteiger partial charge in [-0.2, -0.15) is 9.97 Å². The molecule has 0 amide bonds. The van der Waals surface area contributed by atoms with Crippen LogP contribution in [0.4, 0.5) is 17.6 Å². The van der Waals surface area contributed by atoms with Crippen molar-refractivity contribution >= 4 is 17.6 Å². The fraction of sp³-hybridized carbons (Fsp3) is 0.455. The lowest BCUT2D eigenvalue weighted by molar-refractivity contribution is 0.268. The predicted octanol–water partition coefficient (Wildman–Crippen LogP) is 1.04. The zero-order valence-corrected chi connectivity index (χ0v) is 10.2. The number of hydrogen-bond donors (Lipinski definition) is 2. The second-order valence-electron chi connectivity index (χ2n) is 3.85. The van der Waals surface area contributed by atoms with Gasteiger partial charge in [0, 0.05) is 25.7 Å². The van der Waals surface area contributed by atoms with Crippen molar-refractivity contribution in [3.8, 4) is 0 Å². The summed E-state index contributed by atoms with van der Waals surface area (Å²) >= 11 is 0. The topological polar surface area (TPSA) is 62.3 Å². The molecule has 0 atom stereocenters. The molecule has 1 aromatic heterocycles. The molecular weight excluding hydrogens is 218 g/mol. The Balaban J connectivity index is 2.33. The Bertz CT molecular complexity index is 421. The zero-order chi connectivity index (χ0) is 12.3. The van der Waals surface area contributed by atoms with Crippen molar-refractivity contribution in [1.82, 2.24) is 9.97 Å². The maximum absolute atomic E-state index is 4.94. The van der Waals surface area contributed by atoms with Crippen molar-refractivity contribution in [2.24, 2.45) is 0 Å². The molecule has 2 rings (SSSR count). The van der Waals surface area contributed by atoms with Crippen LogP contribution in [0.5, 0.6) is 0 Å². The summed E-state index contributed by atoms with van der Waals surface area (Å²) in [4.78, 5) is 15.9. The number of nitrogens with zero attached hydrogens (tertiary/aromatic N) is 3. The molecule has 17 heavy (non-hydrogen) atoms. The van der Waals surface area contributed by atoms with Gasteiger partial charge in [0.15, 0.2) is 5.82 Å². The van der Waals surface area contributed by atoms with E-state index in [1.165, 1.54) is 0 Å². The molecule has 0 spiro atoms. The van der Waals surface area contributed by atoms with Crippen LogP contribution < -0.4 is 15.7 Å². The van der Waals surface area contributed by atoms with Gasteiger partial charge in [0.1, 0.15) is 5.82 Å². The van der Waals surface area contributed by atoms with E-state index in [-0.39, 0.29) is 0 Å². The fourth-order valence-electron chi connectivity index (χ4n) is 1.83. The van der Waals surface area contributed by atoms with Gasteiger partial charge in [-0.3, -0.25) is 4.84 Å². The first kappa shape index (κ1) is 11.7. The van der Waals surface area contributed by atoms with E-state index in [4.69, 9.17) is 4.84 Å². The quantitative estimate of drug-likeness (QED) is 0.587. The third-order valence-electron chi connectivity index (χ3n) is 2.65.